The summed E-state index contributed by atoms with van der Waals surface area (Å²) in [7, 11) is 0. The van der Waals surface area contributed by atoms with Gasteiger partial charge in [0.15, 0.2) is 0 Å². The van der Waals surface area contributed by atoms with Crippen LogP contribution in [-0.4, -0.2) is 16.0 Å². The average Bonchev–Trinajstić information content (AvgIpc) is 2.66. The van der Waals surface area contributed by atoms with Crippen molar-refractivity contribution in [2.75, 3.05) is 5.32 Å². The second kappa shape index (κ2) is 4.33. The van der Waals surface area contributed by atoms with E-state index in [-0.39, 0.29) is 0 Å². The van der Waals surface area contributed by atoms with Crippen molar-refractivity contribution in [2.45, 2.75) is 26.3 Å². The minimum Gasteiger partial charge on any atom is -0.352 e. The Hall–Kier alpha value is -0.870. The van der Waals surface area contributed by atoms with Gasteiger partial charge in [0.25, 0.3) is 0 Å². The van der Waals surface area contributed by atoms with Gasteiger partial charge in [0.1, 0.15) is 9.98 Å². The summed E-state index contributed by atoms with van der Waals surface area (Å²) in [6.45, 7) is 4.21. The highest BCUT2D eigenvalue weighted by molar-refractivity contribution is 7.16. The summed E-state index contributed by atoms with van der Waals surface area (Å²) in [6, 6.07) is 2.30. The third-order valence-corrected chi connectivity index (χ3v) is 3.36. The van der Waals surface area contributed by atoms with Gasteiger partial charge in [-0.1, -0.05) is 18.5 Å². The van der Waals surface area contributed by atoms with Crippen LogP contribution in [0, 0.1) is 0 Å². The lowest BCUT2D eigenvalue weighted by molar-refractivity contribution is 0.754. The summed E-state index contributed by atoms with van der Waals surface area (Å²) in [6.07, 6.45) is 1.03. The molecule has 0 aliphatic heterocycles. The first-order chi connectivity index (χ1) is 7.20. The van der Waals surface area contributed by atoms with Gasteiger partial charge in [-0.25, -0.2) is 9.97 Å². The van der Waals surface area contributed by atoms with Gasteiger partial charge in [0.05, 0.1) is 0 Å². The normalized spacial score (nSPS) is 13.0. The molecule has 0 bridgehead atoms. The Morgan fingerprint density at radius 1 is 1.53 bits per heavy atom. The first-order valence-corrected chi connectivity index (χ1v) is 6.13. The molecule has 0 aliphatic carbocycles. The number of nitrogens with one attached hydrogen (secondary N) is 1. The van der Waals surface area contributed by atoms with E-state index < -0.39 is 0 Å². The van der Waals surface area contributed by atoms with Crippen molar-refractivity contribution in [3.8, 4) is 0 Å². The molecule has 1 unspecified atom stereocenters. The summed E-state index contributed by atoms with van der Waals surface area (Å²) in [5.74, 6) is 0.615. The van der Waals surface area contributed by atoms with Gasteiger partial charge in [-0.3, -0.25) is 0 Å². The number of anilines is 1. The van der Waals surface area contributed by atoms with Crippen molar-refractivity contribution in [1.82, 2.24) is 9.97 Å². The maximum atomic E-state index is 6.05. The maximum absolute atomic E-state index is 6.05. The number of rotatable bonds is 3. The van der Waals surface area contributed by atoms with Crippen LogP contribution in [0.5, 0.6) is 0 Å². The van der Waals surface area contributed by atoms with Crippen molar-refractivity contribution >= 4 is 39.1 Å². The van der Waals surface area contributed by atoms with Crippen LogP contribution in [0.1, 0.15) is 20.3 Å². The SMILES string of the molecule is CCC(C)Nc1nc(Cl)c2ccsc2n1. The van der Waals surface area contributed by atoms with Crippen LogP contribution in [0.2, 0.25) is 5.15 Å². The summed E-state index contributed by atoms with van der Waals surface area (Å²) >= 11 is 7.62. The lowest BCUT2D eigenvalue weighted by atomic mass is 10.3. The Morgan fingerprint density at radius 3 is 3.07 bits per heavy atom. The summed E-state index contributed by atoms with van der Waals surface area (Å²) < 4.78 is 0. The predicted octanol–water partition coefficient (Wildman–Crippen LogP) is 3.56. The Balaban J connectivity index is 2.36. The van der Waals surface area contributed by atoms with Gasteiger partial charge in [0, 0.05) is 11.4 Å². The molecule has 80 valence electrons. The molecule has 2 aromatic heterocycles. The minimum atomic E-state index is 0.360. The molecule has 15 heavy (non-hydrogen) atoms. The summed E-state index contributed by atoms with van der Waals surface area (Å²) in [5, 5.41) is 6.63. The summed E-state index contributed by atoms with van der Waals surface area (Å²) in [4.78, 5) is 9.54. The third-order valence-electron chi connectivity index (χ3n) is 2.27. The zero-order valence-electron chi connectivity index (χ0n) is 8.62. The van der Waals surface area contributed by atoms with Gasteiger partial charge in [-0.15, -0.1) is 11.3 Å². The first kappa shape index (κ1) is 10.6. The number of aromatic nitrogens is 2. The quantitative estimate of drug-likeness (QED) is 0.835. The fraction of sp³-hybridized carbons (Fsp3) is 0.400. The topological polar surface area (TPSA) is 37.8 Å². The molecule has 3 nitrogen and oxygen atoms in total. The molecule has 0 saturated carbocycles. The van der Waals surface area contributed by atoms with Crippen LogP contribution in [0.4, 0.5) is 5.95 Å². The molecule has 0 aliphatic rings. The summed E-state index contributed by atoms with van der Waals surface area (Å²) in [5.41, 5.74) is 0. The van der Waals surface area contributed by atoms with E-state index in [0.717, 1.165) is 16.6 Å². The predicted molar refractivity (Wildman–Crippen MR) is 65.8 cm³/mol. The second-order valence-corrected chi connectivity index (χ2v) is 4.68. The molecule has 0 radical (unpaired) electrons. The van der Waals surface area contributed by atoms with Gasteiger partial charge in [0.2, 0.25) is 5.95 Å². The highest BCUT2D eigenvalue weighted by Gasteiger charge is 2.08. The minimum absolute atomic E-state index is 0.360. The Morgan fingerprint density at radius 2 is 2.33 bits per heavy atom. The molecule has 0 fully saturated rings. The van der Waals surface area contributed by atoms with E-state index in [2.05, 4.69) is 29.1 Å². The van der Waals surface area contributed by atoms with Gasteiger partial charge >= 0.3 is 0 Å². The van der Waals surface area contributed by atoms with Crippen molar-refractivity contribution in [3.05, 3.63) is 16.6 Å². The molecule has 2 aromatic rings. The molecule has 2 heterocycles. The standard InChI is InChI=1S/C10H12ClN3S/c1-3-6(2)12-10-13-8(11)7-4-5-15-9(7)14-10/h4-6H,3H2,1-2H3,(H,12,13,14). The van der Waals surface area contributed by atoms with E-state index in [1.165, 1.54) is 0 Å². The van der Waals surface area contributed by atoms with Crippen LogP contribution in [-0.2, 0) is 0 Å². The highest BCUT2D eigenvalue weighted by atomic mass is 35.5. The molecule has 1 N–H and O–H groups in total. The Bertz CT molecular complexity index is 469. The van der Waals surface area contributed by atoms with Crippen LogP contribution < -0.4 is 5.32 Å². The fourth-order valence-corrected chi connectivity index (χ4v) is 2.26. The molecule has 0 amide bonds. The molecule has 5 heteroatoms. The van der Waals surface area contributed by atoms with Gasteiger partial charge in [-0.2, -0.15) is 0 Å². The Kier molecular flexibility index (Phi) is 3.07. The zero-order valence-corrected chi connectivity index (χ0v) is 10.2. The molecule has 1 atom stereocenters. The van der Waals surface area contributed by atoms with Crippen LogP contribution in [0.25, 0.3) is 10.2 Å². The van der Waals surface area contributed by atoms with Crippen LogP contribution in [0.15, 0.2) is 11.4 Å². The average molecular weight is 242 g/mol. The molecule has 0 aromatic carbocycles. The highest BCUT2D eigenvalue weighted by Crippen LogP contribution is 2.26. The molecule has 0 saturated heterocycles. The van der Waals surface area contributed by atoms with E-state index in [9.17, 15) is 0 Å². The van der Waals surface area contributed by atoms with E-state index >= 15 is 0 Å². The van der Waals surface area contributed by atoms with Gasteiger partial charge < -0.3 is 5.32 Å². The molecular weight excluding hydrogens is 230 g/mol. The van der Waals surface area contributed by atoms with Crippen molar-refractivity contribution in [2.24, 2.45) is 0 Å². The lowest BCUT2D eigenvalue weighted by Gasteiger charge is -2.10. The number of hydrogen-bond donors (Lipinski definition) is 1. The van der Waals surface area contributed by atoms with E-state index in [4.69, 9.17) is 11.6 Å². The second-order valence-electron chi connectivity index (χ2n) is 3.43. The lowest BCUT2D eigenvalue weighted by Crippen LogP contribution is -2.15. The number of hydrogen-bond acceptors (Lipinski definition) is 4. The van der Waals surface area contributed by atoms with E-state index in [1.54, 1.807) is 11.3 Å². The van der Waals surface area contributed by atoms with Gasteiger partial charge in [-0.05, 0) is 24.8 Å². The van der Waals surface area contributed by atoms with Crippen LogP contribution in [0.3, 0.4) is 0 Å². The first-order valence-electron chi connectivity index (χ1n) is 4.88. The largest absolute Gasteiger partial charge is 0.352 e. The molecule has 2 rings (SSSR count). The van der Waals surface area contributed by atoms with E-state index in [1.807, 2.05) is 11.4 Å². The smallest absolute Gasteiger partial charge is 0.225 e. The molecular formula is C10H12ClN3S. The monoisotopic (exact) mass is 241 g/mol. The van der Waals surface area contributed by atoms with Crippen molar-refractivity contribution < 1.29 is 0 Å². The number of fused-ring (bicyclic) bond motifs is 1. The van der Waals surface area contributed by atoms with Crippen LogP contribution >= 0.6 is 22.9 Å². The van der Waals surface area contributed by atoms with E-state index in [0.29, 0.717) is 17.1 Å². The van der Waals surface area contributed by atoms with Crippen molar-refractivity contribution in [3.63, 3.8) is 0 Å². The fourth-order valence-electron chi connectivity index (χ4n) is 1.21. The third kappa shape index (κ3) is 2.21. The van der Waals surface area contributed by atoms with Crippen molar-refractivity contribution in [1.29, 1.82) is 0 Å². The number of nitrogens with zero attached hydrogens (tertiary/aromatic N) is 2. The maximum Gasteiger partial charge on any atom is 0.225 e. The zero-order chi connectivity index (χ0) is 10.8. The Labute approximate surface area is 97.5 Å². The number of halogens is 1. The molecule has 0 spiro atoms. The number of thiophene rings is 1.